The van der Waals surface area contributed by atoms with E-state index >= 15 is 0 Å². The van der Waals surface area contributed by atoms with Crippen LogP contribution in [0.4, 0.5) is 23.2 Å². The van der Waals surface area contributed by atoms with E-state index in [1.54, 1.807) is 29.0 Å². The SMILES string of the molecule is O=C(Cc1cn(-c2ccc(-c3noc(C(F)(F)F)n3)cc2)cn1)Nc1cccc(F)c1. The quantitative estimate of drug-likeness (QED) is 0.477. The summed E-state index contributed by atoms with van der Waals surface area (Å²) in [5.41, 5.74) is 1.83. The molecule has 2 heterocycles. The van der Waals surface area contributed by atoms with Gasteiger partial charge in [-0.3, -0.25) is 4.79 Å². The van der Waals surface area contributed by atoms with Crippen molar-refractivity contribution in [3.05, 3.63) is 78.5 Å². The number of carbonyl (C=O) groups excluding carboxylic acids is 1. The van der Waals surface area contributed by atoms with Gasteiger partial charge in [0, 0.05) is 23.1 Å². The summed E-state index contributed by atoms with van der Waals surface area (Å²) in [6.45, 7) is 0. The van der Waals surface area contributed by atoms with E-state index in [2.05, 4.69) is 25.0 Å². The Bertz CT molecular complexity index is 1210. The zero-order valence-electron chi connectivity index (χ0n) is 15.6. The molecule has 4 aromatic rings. The number of hydrogen-bond acceptors (Lipinski definition) is 5. The molecule has 7 nitrogen and oxygen atoms in total. The molecule has 0 saturated heterocycles. The summed E-state index contributed by atoms with van der Waals surface area (Å²) in [5, 5.41) is 5.93. The fourth-order valence-corrected chi connectivity index (χ4v) is 2.77. The minimum atomic E-state index is -4.71. The number of aromatic nitrogens is 4. The number of imidazole rings is 1. The first-order chi connectivity index (χ1) is 14.8. The van der Waals surface area contributed by atoms with Crippen LogP contribution in [0.3, 0.4) is 0 Å². The fraction of sp³-hybridized carbons (Fsp3) is 0.100. The van der Waals surface area contributed by atoms with Crippen molar-refractivity contribution in [2.24, 2.45) is 0 Å². The van der Waals surface area contributed by atoms with Crippen molar-refractivity contribution in [1.29, 1.82) is 0 Å². The van der Waals surface area contributed by atoms with Crippen molar-refractivity contribution in [2.45, 2.75) is 12.6 Å². The molecule has 2 aromatic carbocycles. The minimum absolute atomic E-state index is 0.0231. The van der Waals surface area contributed by atoms with Gasteiger partial charge in [-0.1, -0.05) is 11.2 Å². The largest absolute Gasteiger partial charge is 0.471 e. The molecule has 0 bridgehead atoms. The number of rotatable bonds is 5. The first-order valence-corrected chi connectivity index (χ1v) is 8.88. The van der Waals surface area contributed by atoms with Crippen molar-refractivity contribution in [3.8, 4) is 17.1 Å². The van der Waals surface area contributed by atoms with Crippen LogP contribution in [0, 0.1) is 5.82 Å². The summed E-state index contributed by atoms with van der Waals surface area (Å²) in [6.07, 6.45) is -1.60. The number of hydrogen-bond donors (Lipinski definition) is 1. The zero-order chi connectivity index (χ0) is 22.0. The maximum absolute atomic E-state index is 13.2. The van der Waals surface area contributed by atoms with Gasteiger partial charge < -0.3 is 14.4 Å². The molecule has 4 rings (SSSR count). The lowest BCUT2D eigenvalue weighted by Gasteiger charge is -2.04. The second-order valence-corrected chi connectivity index (χ2v) is 6.48. The first kappa shape index (κ1) is 20.3. The molecule has 0 spiro atoms. The predicted octanol–water partition coefficient (Wildman–Crippen LogP) is 4.26. The molecule has 1 N–H and O–H groups in total. The maximum Gasteiger partial charge on any atom is 0.471 e. The standard InChI is InChI=1S/C20H13F4N5O2/c21-13-2-1-3-14(8-13)26-17(30)9-15-10-29(11-25-15)16-6-4-12(5-7-16)18-27-19(31-28-18)20(22,23)24/h1-8,10-11H,9H2,(H,26,30). The number of carbonyl (C=O) groups is 1. The molecule has 0 aliphatic heterocycles. The van der Waals surface area contributed by atoms with Gasteiger partial charge >= 0.3 is 12.1 Å². The van der Waals surface area contributed by atoms with Crippen molar-refractivity contribution in [1.82, 2.24) is 19.7 Å². The summed E-state index contributed by atoms with van der Waals surface area (Å²) in [6, 6.07) is 11.9. The van der Waals surface area contributed by atoms with Gasteiger partial charge in [-0.2, -0.15) is 18.2 Å². The molecule has 0 radical (unpaired) electrons. The third kappa shape index (κ3) is 4.77. The van der Waals surface area contributed by atoms with E-state index in [0.717, 1.165) is 0 Å². The highest BCUT2D eigenvalue weighted by Gasteiger charge is 2.38. The van der Waals surface area contributed by atoms with Crippen molar-refractivity contribution in [3.63, 3.8) is 0 Å². The van der Waals surface area contributed by atoms with Crippen LogP contribution in [-0.4, -0.2) is 25.6 Å². The van der Waals surface area contributed by atoms with Gasteiger partial charge in [-0.05, 0) is 42.5 Å². The number of nitrogens with zero attached hydrogens (tertiary/aromatic N) is 4. The number of amides is 1. The highest BCUT2D eigenvalue weighted by atomic mass is 19.4. The third-order valence-corrected chi connectivity index (χ3v) is 4.18. The summed E-state index contributed by atoms with van der Waals surface area (Å²) >= 11 is 0. The van der Waals surface area contributed by atoms with Crippen LogP contribution in [-0.2, 0) is 17.4 Å². The summed E-state index contributed by atoms with van der Waals surface area (Å²) in [4.78, 5) is 19.6. The van der Waals surface area contributed by atoms with Crippen LogP contribution >= 0.6 is 0 Å². The van der Waals surface area contributed by atoms with E-state index in [1.165, 1.54) is 36.7 Å². The third-order valence-electron chi connectivity index (χ3n) is 4.18. The number of benzene rings is 2. The Kier molecular flexibility index (Phi) is 5.24. The minimum Gasteiger partial charge on any atom is -0.329 e. The van der Waals surface area contributed by atoms with E-state index in [9.17, 15) is 22.4 Å². The topological polar surface area (TPSA) is 85.8 Å². The molecule has 1 amide bonds. The average Bonchev–Trinajstić information content (AvgIpc) is 3.38. The van der Waals surface area contributed by atoms with Crippen molar-refractivity contribution >= 4 is 11.6 Å². The Hall–Kier alpha value is -4.02. The molecule has 0 aliphatic rings. The molecule has 11 heteroatoms. The number of anilines is 1. The first-order valence-electron chi connectivity index (χ1n) is 8.88. The van der Waals surface area contributed by atoms with E-state index in [-0.39, 0.29) is 18.2 Å². The maximum atomic E-state index is 13.2. The van der Waals surface area contributed by atoms with Crippen molar-refractivity contribution in [2.75, 3.05) is 5.32 Å². The normalized spacial score (nSPS) is 11.5. The Morgan fingerprint density at radius 2 is 1.90 bits per heavy atom. The van der Waals surface area contributed by atoms with E-state index in [4.69, 9.17) is 0 Å². The van der Waals surface area contributed by atoms with Crippen LogP contribution in [0.5, 0.6) is 0 Å². The number of halogens is 4. The Labute approximate surface area is 172 Å². The van der Waals surface area contributed by atoms with E-state index < -0.39 is 17.9 Å². The van der Waals surface area contributed by atoms with Gasteiger partial charge in [-0.15, -0.1) is 0 Å². The lowest BCUT2D eigenvalue weighted by atomic mass is 10.2. The van der Waals surface area contributed by atoms with Gasteiger partial charge in [0.2, 0.25) is 11.7 Å². The molecule has 0 saturated carbocycles. The molecule has 0 atom stereocenters. The molecular weight excluding hydrogens is 418 g/mol. The summed E-state index contributed by atoms with van der Waals surface area (Å²) in [5.74, 6) is -2.41. The highest BCUT2D eigenvalue weighted by molar-refractivity contribution is 5.91. The summed E-state index contributed by atoms with van der Waals surface area (Å²) < 4.78 is 56.8. The zero-order valence-corrected chi connectivity index (χ0v) is 15.6. The molecule has 158 valence electrons. The second kappa shape index (κ2) is 8.01. The lowest BCUT2D eigenvalue weighted by Crippen LogP contribution is -2.14. The van der Waals surface area contributed by atoms with Crippen LogP contribution in [0.2, 0.25) is 0 Å². The van der Waals surface area contributed by atoms with Gasteiger partial charge in [-0.25, -0.2) is 9.37 Å². The average molecular weight is 431 g/mol. The smallest absolute Gasteiger partial charge is 0.329 e. The molecule has 0 unspecified atom stereocenters. The van der Waals surface area contributed by atoms with Gasteiger partial charge in [0.1, 0.15) is 5.82 Å². The van der Waals surface area contributed by atoms with Gasteiger partial charge in [0.25, 0.3) is 0 Å². The second-order valence-electron chi connectivity index (χ2n) is 6.48. The molecule has 0 aliphatic carbocycles. The fourth-order valence-electron chi connectivity index (χ4n) is 2.77. The van der Waals surface area contributed by atoms with Crippen LogP contribution in [0.15, 0.2) is 65.6 Å². The summed E-state index contributed by atoms with van der Waals surface area (Å²) in [7, 11) is 0. The van der Waals surface area contributed by atoms with E-state index in [1.807, 2.05) is 0 Å². The lowest BCUT2D eigenvalue weighted by molar-refractivity contribution is -0.159. The Morgan fingerprint density at radius 3 is 2.58 bits per heavy atom. The van der Waals surface area contributed by atoms with Gasteiger partial charge in [0.15, 0.2) is 0 Å². The van der Waals surface area contributed by atoms with Crippen LogP contribution < -0.4 is 5.32 Å². The van der Waals surface area contributed by atoms with Crippen LogP contribution in [0.1, 0.15) is 11.6 Å². The molecular formula is C20H13F4N5O2. The molecule has 31 heavy (non-hydrogen) atoms. The van der Waals surface area contributed by atoms with E-state index in [0.29, 0.717) is 22.6 Å². The Balaban J connectivity index is 1.43. The Morgan fingerprint density at radius 1 is 1.13 bits per heavy atom. The predicted molar refractivity (Wildman–Crippen MR) is 101 cm³/mol. The van der Waals surface area contributed by atoms with Crippen LogP contribution in [0.25, 0.3) is 17.1 Å². The number of nitrogens with one attached hydrogen (secondary N) is 1. The number of alkyl halides is 3. The monoisotopic (exact) mass is 431 g/mol. The molecule has 0 fully saturated rings. The van der Waals surface area contributed by atoms with Crippen molar-refractivity contribution < 1.29 is 26.9 Å². The van der Waals surface area contributed by atoms with Gasteiger partial charge in [0.05, 0.1) is 18.4 Å². The highest BCUT2D eigenvalue weighted by Crippen LogP contribution is 2.29. The molecule has 2 aromatic heterocycles.